The number of pyridine rings is 1. The van der Waals surface area contributed by atoms with E-state index in [2.05, 4.69) is 23.7 Å². The molecule has 2 rings (SSSR count). The number of aromatic nitrogens is 1. The van der Waals surface area contributed by atoms with Crippen LogP contribution in [0.2, 0.25) is 0 Å². The van der Waals surface area contributed by atoms with Gasteiger partial charge in [0, 0.05) is 24.2 Å². The predicted octanol–water partition coefficient (Wildman–Crippen LogP) is 2.71. The average Bonchev–Trinajstić information content (AvgIpc) is 2.39. The summed E-state index contributed by atoms with van der Waals surface area (Å²) >= 11 is 0. The van der Waals surface area contributed by atoms with E-state index in [0.717, 1.165) is 29.7 Å². The zero-order valence-corrected chi connectivity index (χ0v) is 11.3. The smallest absolute Gasteiger partial charge is 0.309 e. The highest BCUT2D eigenvalue weighted by Gasteiger charge is 2.11. The highest BCUT2D eigenvalue weighted by atomic mass is 16.4. The van der Waals surface area contributed by atoms with Crippen molar-refractivity contribution in [1.29, 1.82) is 0 Å². The molecule has 1 aromatic carbocycles. The third-order valence-electron chi connectivity index (χ3n) is 3.18. The van der Waals surface area contributed by atoms with Crippen LogP contribution in [-0.2, 0) is 11.2 Å². The van der Waals surface area contributed by atoms with E-state index in [1.807, 2.05) is 30.3 Å². The Morgan fingerprint density at radius 1 is 1.26 bits per heavy atom. The van der Waals surface area contributed by atoms with Gasteiger partial charge in [-0.15, -0.1) is 0 Å². The van der Waals surface area contributed by atoms with Crippen LogP contribution in [0.5, 0.6) is 0 Å². The molecule has 1 aromatic heterocycles. The summed E-state index contributed by atoms with van der Waals surface area (Å²) in [6.45, 7) is 5.96. The Hall–Kier alpha value is -2.10. The second kappa shape index (κ2) is 5.69. The number of para-hydroxylation sites is 1. The Kier molecular flexibility index (Phi) is 4.00. The fourth-order valence-corrected chi connectivity index (χ4v) is 2.28. The number of hydrogen-bond acceptors (Lipinski definition) is 3. The van der Waals surface area contributed by atoms with Gasteiger partial charge in [0.1, 0.15) is 0 Å². The Morgan fingerprint density at radius 2 is 1.95 bits per heavy atom. The molecule has 4 heteroatoms. The van der Waals surface area contributed by atoms with Crippen molar-refractivity contribution in [2.45, 2.75) is 20.3 Å². The predicted molar refractivity (Wildman–Crippen MR) is 76.6 cm³/mol. The summed E-state index contributed by atoms with van der Waals surface area (Å²) in [7, 11) is 0. The van der Waals surface area contributed by atoms with Crippen molar-refractivity contribution in [3.63, 3.8) is 0 Å². The summed E-state index contributed by atoms with van der Waals surface area (Å²) in [5.74, 6) is -0.853. The average molecular weight is 258 g/mol. The largest absolute Gasteiger partial charge is 0.481 e. The van der Waals surface area contributed by atoms with Gasteiger partial charge >= 0.3 is 5.97 Å². The molecule has 4 nitrogen and oxygen atoms in total. The molecule has 0 bridgehead atoms. The van der Waals surface area contributed by atoms with Crippen molar-refractivity contribution in [2.75, 3.05) is 18.0 Å². The number of carboxylic acids is 1. The van der Waals surface area contributed by atoms with E-state index < -0.39 is 5.97 Å². The zero-order chi connectivity index (χ0) is 13.8. The molecule has 0 fully saturated rings. The van der Waals surface area contributed by atoms with Crippen molar-refractivity contribution in [3.8, 4) is 0 Å². The van der Waals surface area contributed by atoms with Gasteiger partial charge < -0.3 is 10.0 Å². The Bertz CT molecular complexity index is 592. The lowest BCUT2D eigenvalue weighted by atomic mass is 10.1. The second-order valence-corrected chi connectivity index (χ2v) is 4.39. The Labute approximate surface area is 112 Å². The van der Waals surface area contributed by atoms with Gasteiger partial charge in [0.15, 0.2) is 0 Å². The van der Waals surface area contributed by atoms with Crippen LogP contribution in [0.15, 0.2) is 30.3 Å². The van der Waals surface area contributed by atoms with Crippen molar-refractivity contribution >= 4 is 22.6 Å². The maximum atomic E-state index is 10.9. The third-order valence-corrected chi connectivity index (χ3v) is 3.18. The van der Waals surface area contributed by atoms with Gasteiger partial charge in [-0.05, 0) is 26.0 Å². The van der Waals surface area contributed by atoms with E-state index in [1.54, 1.807) is 0 Å². The highest BCUT2D eigenvalue weighted by molar-refractivity contribution is 5.92. The van der Waals surface area contributed by atoms with Gasteiger partial charge in [-0.1, -0.05) is 18.2 Å². The molecule has 1 heterocycles. The van der Waals surface area contributed by atoms with Gasteiger partial charge in [-0.3, -0.25) is 9.78 Å². The Balaban J connectivity index is 2.60. The van der Waals surface area contributed by atoms with E-state index in [4.69, 9.17) is 5.11 Å². The van der Waals surface area contributed by atoms with Crippen molar-refractivity contribution in [3.05, 3.63) is 36.0 Å². The van der Waals surface area contributed by atoms with Gasteiger partial charge in [0.25, 0.3) is 0 Å². The number of nitrogens with zero attached hydrogens (tertiary/aromatic N) is 2. The van der Waals surface area contributed by atoms with Crippen LogP contribution in [0.25, 0.3) is 10.9 Å². The highest BCUT2D eigenvalue weighted by Crippen LogP contribution is 2.26. The number of benzene rings is 1. The molecule has 0 radical (unpaired) electrons. The van der Waals surface area contributed by atoms with Crippen LogP contribution in [-0.4, -0.2) is 29.1 Å². The maximum Gasteiger partial charge on any atom is 0.309 e. The molecular weight excluding hydrogens is 240 g/mol. The van der Waals surface area contributed by atoms with Crippen LogP contribution < -0.4 is 4.90 Å². The number of anilines is 1. The summed E-state index contributed by atoms with van der Waals surface area (Å²) in [6, 6.07) is 9.75. The fourth-order valence-electron chi connectivity index (χ4n) is 2.28. The topological polar surface area (TPSA) is 53.4 Å². The molecule has 0 amide bonds. The van der Waals surface area contributed by atoms with Gasteiger partial charge in [0.2, 0.25) is 0 Å². The zero-order valence-electron chi connectivity index (χ0n) is 11.3. The molecular formula is C15H18N2O2. The molecule has 1 N–H and O–H groups in total. The first kappa shape index (κ1) is 13.3. The number of fused-ring (bicyclic) bond motifs is 1. The first-order chi connectivity index (χ1) is 9.15. The van der Waals surface area contributed by atoms with Crippen LogP contribution in [0.4, 0.5) is 5.69 Å². The molecule has 0 aliphatic rings. The summed E-state index contributed by atoms with van der Waals surface area (Å²) in [6.07, 6.45) is -0.0426. The van der Waals surface area contributed by atoms with E-state index in [9.17, 15) is 4.79 Å². The maximum absolute atomic E-state index is 10.9. The van der Waals surface area contributed by atoms with Gasteiger partial charge in [-0.25, -0.2) is 0 Å². The molecule has 2 aromatic rings. The van der Waals surface area contributed by atoms with Crippen molar-refractivity contribution < 1.29 is 9.90 Å². The quantitative estimate of drug-likeness (QED) is 0.896. The summed E-state index contributed by atoms with van der Waals surface area (Å²) < 4.78 is 0. The first-order valence-corrected chi connectivity index (χ1v) is 6.51. The minimum Gasteiger partial charge on any atom is -0.481 e. The van der Waals surface area contributed by atoms with E-state index in [1.165, 1.54) is 0 Å². The number of carboxylic acid groups (broad SMARTS) is 1. The lowest BCUT2D eigenvalue weighted by Gasteiger charge is -2.23. The van der Waals surface area contributed by atoms with E-state index >= 15 is 0 Å². The number of carbonyl (C=O) groups is 1. The van der Waals surface area contributed by atoms with E-state index in [0.29, 0.717) is 5.69 Å². The molecule has 19 heavy (non-hydrogen) atoms. The van der Waals surface area contributed by atoms with Crippen LogP contribution in [0.3, 0.4) is 0 Å². The number of aliphatic carboxylic acids is 1. The normalized spacial score (nSPS) is 10.6. The Morgan fingerprint density at radius 3 is 2.58 bits per heavy atom. The number of rotatable bonds is 5. The minimum absolute atomic E-state index is 0.0426. The van der Waals surface area contributed by atoms with Gasteiger partial charge in [-0.2, -0.15) is 0 Å². The third kappa shape index (κ3) is 2.84. The summed E-state index contributed by atoms with van der Waals surface area (Å²) in [4.78, 5) is 17.5. The molecule has 0 saturated heterocycles. The molecule has 0 atom stereocenters. The lowest BCUT2D eigenvalue weighted by Crippen LogP contribution is -2.22. The SMILES string of the molecule is CCN(CC)c1cc(CC(=O)O)nc2ccccc12. The second-order valence-electron chi connectivity index (χ2n) is 4.39. The molecule has 0 unspecified atom stereocenters. The van der Waals surface area contributed by atoms with Gasteiger partial charge in [0.05, 0.1) is 17.6 Å². The first-order valence-electron chi connectivity index (χ1n) is 6.51. The van der Waals surface area contributed by atoms with Crippen LogP contribution in [0, 0.1) is 0 Å². The standard InChI is InChI=1S/C15H18N2O2/c1-3-17(4-2)14-9-11(10-15(18)19)16-13-8-6-5-7-12(13)14/h5-9H,3-4,10H2,1-2H3,(H,18,19). The van der Waals surface area contributed by atoms with Crippen LogP contribution >= 0.6 is 0 Å². The minimum atomic E-state index is -0.853. The van der Waals surface area contributed by atoms with Crippen molar-refractivity contribution in [2.24, 2.45) is 0 Å². The summed E-state index contributed by atoms with van der Waals surface area (Å²) in [5.41, 5.74) is 2.52. The summed E-state index contributed by atoms with van der Waals surface area (Å²) in [5, 5.41) is 10.00. The van der Waals surface area contributed by atoms with Crippen molar-refractivity contribution in [1.82, 2.24) is 4.98 Å². The van der Waals surface area contributed by atoms with Crippen LogP contribution in [0.1, 0.15) is 19.5 Å². The molecule has 0 spiro atoms. The van der Waals surface area contributed by atoms with E-state index in [-0.39, 0.29) is 6.42 Å². The lowest BCUT2D eigenvalue weighted by molar-refractivity contribution is -0.136. The molecule has 0 saturated carbocycles. The fraction of sp³-hybridized carbons (Fsp3) is 0.333. The monoisotopic (exact) mass is 258 g/mol. The molecule has 0 aliphatic carbocycles. The molecule has 0 aliphatic heterocycles. The molecule has 100 valence electrons. The number of hydrogen-bond donors (Lipinski definition) is 1.